The van der Waals surface area contributed by atoms with E-state index in [1.54, 1.807) is 13.3 Å². The van der Waals surface area contributed by atoms with E-state index in [4.69, 9.17) is 19.9 Å². The molecule has 2 aromatic rings. The molecule has 32 heavy (non-hydrogen) atoms. The summed E-state index contributed by atoms with van der Waals surface area (Å²) in [6.07, 6.45) is 1.73. The molecule has 4 rings (SSSR count). The Morgan fingerprint density at radius 3 is 2.53 bits per heavy atom. The molecule has 0 bridgehead atoms. The molecule has 7 nitrogen and oxygen atoms in total. The van der Waals surface area contributed by atoms with Crippen LogP contribution in [0.25, 0.3) is 0 Å². The Balaban J connectivity index is 1.79. The molecule has 4 atom stereocenters. The first-order chi connectivity index (χ1) is 15.1. The van der Waals surface area contributed by atoms with Gasteiger partial charge in [-0.25, -0.2) is 9.38 Å². The van der Waals surface area contributed by atoms with Crippen molar-refractivity contribution in [1.29, 1.82) is 0 Å². The van der Waals surface area contributed by atoms with E-state index in [0.717, 1.165) is 41.0 Å². The second-order valence-electron chi connectivity index (χ2n) is 8.96. The third kappa shape index (κ3) is 3.66. The number of aryl methyl sites for hydroxylation is 3. The molecule has 1 amide bonds. The fourth-order valence-corrected chi connectivity index (χ4v) is 5.02. The molecule has 0 spiro atoms. The van der Waals surface area contributed by atoms with Crippen LogP contribution in [0.3, 0.4) is 0 Å². The first-order valence-corrected chi connectivity index (χ1v) is 11.0. The largest absolute Gasteiger partial charge is 0.467 e. The van der Waals surface area contributed by atoms with E-state index in [2.05, 4.69) is 5.32 Å². The highest BCUT2D eigenvalue weighted by molar-refractivity contribution is 6.07. The maximum Gasteiger partial charge on any atom is 0.261 e. The van der Waals surface area contributed by atoms with E-state index < -0.39 is 11.9 Å². The molecule has 0 radical (unpaired) electrons. The summed E-state index contributed by atoms with van der Waals surface area (Å²) in [5, 5.41) is 3.50. The zero-order chi connectivity index (χ0) is 23.2. The van der Waals surface area contributed by atoms with Crippen LogP contribution in [-0.4, -0.2) is 36.7 Å². The van der Waals surface area contributed by atoms with Crippen LogP contribution >= 0.6 is 0 Å². The molecule has 3 N–H and O–H groups in total. The zero-order valence-corrected chi connectivity index (χ0v) is 19.2. The third-order valence-corrected chi connectivity index (χ3v) is 6.53. The summed E-state index contributed by atoms with van der Waals surface area (Å²) >= 11 is 0. The van der Waals surface area contributed by atoms with Crippen LogP contribution in [0.2, 0.25) is 0 Å². The number of nitrogens with zero attached hydrogens (tertiary/aromatic N) is 2. The zero-order valence-electron chi connectivity index (χ0n) is 19.2. The van der Waals surface area contributed by atoms with Gasteiger partial charge in [-0.3, -0.25) is 9.69 Å². The Morgan fingerprint density at radius 2 is 2.00 bits per heavy atom. The van der Waals surface area contributed by atoms with Crippen LogP contribution in [0, 0.1) is 26.7 Å². The lowest BCUT2D eigenvalue weighted by Gasteiger charge is -2.39. The molecular formula is C24H31FN4O3. The lowest BCUT2D eigenvalue weighted by molar-refractivity contribution is -0.133. The number of rotatable bonds is 5. The van der Waals surface area contributed by atoms with E-state index >= 15 is 0 Å². The van der Waals surface area contributed by atoms with Gasteiger partial charge in [0.15, 0.2) is 11.5 Å². The topological polar surface area (TPSA) is 93.1 Å². The van der Waals surface area contributed by atoms with Gasteiger partial charge in [0.1, 0.15) is 11.5 Å². The first-order valence-electron chi connectivity index (χ1n) is 11.0. The van der Waals surface area contributed by atoms with E-state index in [1.807, 2.05) is 39.0 Å². The Bertz CT molecular complexity index is 1040. The highest BCUT2D eigenvalue weighted by Crippen LogP contribution is 2.47. The molecule has 1 aromatic carbocycles. The number of nitrogens with two attached hydrogens (primary N) is 1. The van der Waals surface area contributed by atoms with Gasteiger partial charge in [-0.1, -0.05) is 0 Å². The first kappa shape index (κ1) is 22.3. The van der Waals surface area contributed by atoms with Gasteiger partial charge in [-0.15, -0.1) is 0 Å². The number of benzene rings is 1. The second kappa shape index (κ2) is 8.24. The van der Waals surface area contributed by atoms with E-state index in [1.165, 1.54) is 11.8 Å². The fourth-order valence-electron chi connectivity index (χ4n) is 5.02. The van der Waals surface area contributed by atoms with Gasteiger partial charge >= 0.3 is 0 Å². The number of guanidine groups is 1. The van der Waals surface area contributed by atoms with E-state index in [0.29, 0.717) is 12.2 Å². The Labute approximate surface area is 187 Å². The normalized spacial score (nSPS) is 26.9. The van der Waals surface area contributed by atoms with E-state index in [9.17, 15) is 9.18 Å². The van der Waals surface area contributed by atoms with Gasteiger partial charge in [0.2, 0.25) is 6.36 Å². The van der Waals surface area contributed by atoms with Gasteiger partial charge in [0.25, 0.3) is 5.91 Å². The number of amides is 1. The number of halogens is 1. The number of ether oxygens (including phenoxy) is 1. The molecule has 1 fully saturated rings. The quantitative estimate of drug-likeness (QED) is 0.738. The van der Waals surface area contributed by atoms with Crippen molar-refractivity contribution in [1.82, 2.24) is 10.2 Å². The van der Waals surface area contributed by atoms with Crippen molar-refractivity contribution >= 4 is 11.9 Å². The van der Waals surface area contributed by atoms with Crippen LogP contribution in [0.4, 0.5) is 4.39 Å². The summed E-state index contributed by atoms with van der Waals surface area (Å²) in [7, 11) is 1.65. The van der Waals surface area contributed by atoms with Crippen molar-refractivity contribution in [3.8, 4) is 5.75 Å². The van der Waals surface area contributed by atoms with Crippen molar-refractivity contribution in [2.24, 2.45) is 16.6 Å². The minimum Gasteiger partial charge on any atom is -0.467 e. The number of likely N-dealkylation sites (N-methyl/N-ethyl adjacent to an activating group) is 1. The van der Waals surface area contributed by atoms with Gasteiger partial charge in [-0.2, -0.15) is 0 Å². The summed E-state index contributed by atoms with van der Waals surface area (Å²) in [5.74, 6) is 1.30. The monoisotopic (exact) mass is 442 g/mol. The SMILES string of the molecule is Cc1coc(C2CC(C3(c4cc(C)c(OC(C)F)c(C)c4)N=C(N)N(C)C3=O)CCN2)c1. The molecule has 2 aliphatic heterocycles. The lowest BCUT2D eigenvalue weighted by atomic mass is 9.71. The Morgan fingerprint density at radius 1 is 1.31 bits per heavy atom. The average molecular weight is 443 g/mol. The van der Waals surface area contributed by atoms with Crippen LogP contribution in [0.15, 0.2) is 33.9 Å². The number of hydrogen-bond donors (Lipinski definition) is 2. The molecule has 0 saturated carbocycles. The number of aliphatic imine (C=N–C) groups is 1. The lowest BCUT2D eigenvalue weighted by Crippen LogP contribution is -2.48. The standard InChI is InChI=1S/C24H31FN4O3/c1-13-8-20(31-12-13)19-11-17(6-7-27-19)24(22(30)29(5)23(26)28-24)18-9-14(2)21(15(3)10-18)32-16(4)25/h8-10,12,16-17,19,27H,6-7,11H2,1-5H3,(H2,26,28). The molecule has 172 valence electrons. The number of furan rings is 1. The molecule has 4 unspecified atom stereocenters. The predicted octanol–water partition coefficient (Wildman–Crippen LogP) is 3.62. The smallest absolute Gasteiger partial charge is 0.261 e. The number of alkyl halides is 1. The van der Waals surface area contributed by atoms with Crippen molar-refractivity contribution < 1.29 is 18.3 Å². The maximum atomic E-state index is 13.7. The molecule has 8 heteroatoms. The number of nitrogens with one attached hydrogen (secondary N) is 1. The second-order valence-corrected chi connectivity index (χ2v) is 8.96. The van der Waals surface area contributed by atoms with Gasteiger partial charge < -0.3 is 20.2 Å². The number of carbonyl (C=O) groups is 1. The number of carbonyl (C=O) groups excluding carboxylic acids is 1. The fraction of sp³-hybridized carbons (Fsp3) is 0.500. The average Bonchev–Trinajstić information content (AvgIpc) is 3.28. The van der Waals surface area contributed by atoms with Crippen molar-refractivity contribution in [2.75, 3.05) is 13.6 Å². The molecular weight excluding hydrogens is 411 g/mol. The van der Waals surface area contributed by atoms with Gasteiger partial charge in [0.05, 0.1) is 12.3 Å². The van der Waals surface area contributed by atoms with Crippen LogP contribution in [-0.2, 0) is 10.3 Å². The molecule has 3 heterocycles. The van der Waals surface area contributed by atoms with Crippen LogP contribution < -0.4 is 15.8 Å². The molecule has 1 saturated heterocycles. The highest BCUT2D eigenvalue weighted by Gasteiger charge is 2.54. The summed E-state index contributed by atoms with van der Waals surface area (Å²) in [4.78, 5) is 19.9. The number of hydrogen-bond acceptors (Lipinski definition) is 6. The third-order valence-electron chi connectivity index (χ3n) is 6.53. The molecule has 0 aliphatic carbocycles. The van der Waals surface area contributed by atoms with E-state index in [-0.39, 0.29) is 23.8 Å². The highest BCUT2D eigenvalue weighted by atomic mass is 19.1. The molecule has 2 aliphatic rings. The van der Waals surface area contributed by atoms with Gasteiger partial charge in [0, 0.05) is 19.9 Å². The van der Waals surface area contributed by atoms with Crippen molar-refractivity contribution in [2.45, 2.75) is 58.5 Å². The van der Waals surface area contributed by atoms with Crippen LogP contribution in [0.5, 0.6) is 5.75 Å². The van der Waals surface area contributed by atoms with Gasteiger partial charge in [-0.05, 0) is 80.6 Å². The van der Waals surface area contributed by atoms with Crippen molar-refractivity contribution in [3.05, 3.63) is 52.5 Å². The van der Waals surface area contributed by atoms with Crippen molar-refractivity contribution in [3.63, 3.8) is 0 Å². The summed E-state index contributed by atoms with van der Waals surface area (Å²) < 4.78 is 24.7. The summed E-state index contributed by atoms with van der Waals surface area (Å²) in [5.41, 5.74) is 8.34. The summed E-state index contributed by atoms with van der Waals surface area (Å²) in [6, 6.07) is 5.76. The minimum absolute atomic E-state index is 0.0216. The Kier molecular flexibility index (Phi) is 5.75. The van der Waals surface area contributed by atoms with Crippen LogP contribution in [0.1, 0.15) is 53.8 Å². The minimum atomic E-state index is -1.43. The Hall–Kier alpha value is -2.87. The summed E-state index contributed by atoms with van der Waals surface area (Å²) in [6.45, 7) is 7.77. The maximum absolute atomic E-state index is 13.7. The number of piperidine rings is 1. The predicted molar refractivity (Wildman–Crippen MR) is 120 cm³/mol. The molecule has 1 aromatic heterocycles.